The summed E-state index contributed by atoms with van der Waals surface area (Å²) in [6.45, 7) is 0. The molecular formula is C10H12O. The van der Waals surface area contributed by atoms with Crippen LogP contribution in [0, 0.1) is 35.5 Å². The lowest BCUT2D eigenvalue weighted by atomic mass is 9.44. The maximum Gasteiger partial charge on any atom is 0.0878 e. The summed E-state index contributed by atoms with van der Waals surface area (Å²) in [6, 6.07) is 0. The van der Waals surface area contributed by atoms with Crippen LogP contribution in [0.1, 0.15) is 12.8 Å². The van der Waals surface area contributed by atoms with Crippen molar-refractivity contribution >= 4 is 0 Å². The highest BCUT2D eigenvalue weighted by Gasteiger charge is 2.82. The summed E-state index contributed by atoms with van der Waals surface area (Å²) < 4.78 is 5.72. The van der Waals surface area contributed by atoms with E-state index < -0.39 is 0 Å². The largest absolute Gasteiger partial charge is 0.369 e. The summed E-state index contributed by atoms with van der Waals surface area (Å²) in [6.07, 6.45) is 4.66. The van der Waals surface area contributed by atoms with E-state index in [2.05, 4.69) is 0 Å². The highest BCUT2D eigenvalue weighted by molar-refractivity contribution is 5.29. The Morgan fingerprint density at radius 1 is 0.727 bits per heavy atom. The standard InChI is InChI=1S/C10H12O/c1-2-4-5-3(1)6-8(5)7(4)10-9(6)11-10/h3-10H,1-2H2/t3-,4-,5?,6+,7+,8?,9-,10+/m1/s1. The van der Waals surface area contributed by atoms with Gasteiger partial charge in [-0.05, 0) is 48.3 Å². The number of hydrogen-bond acceptors (Lipinski definition) is 1. The molecule has 2 unspecified atom stereocenters. The average molecular weight is 148 g/mol. The lowest BCUT2D eigenvalue weighted by molar-refractivity contribution is -0.168. The SMILES string of the molecule is C1C[C@@H]2C3C4[C@@H]([C@@H]5O[C@@H]5[C@H]42)[C@H]13. The molecule has 1 aliphatic heterocycles. The summed E-state index contributed by atoms with van der Waals surface area (Å²) in [5.74, 6) is 6.79. The van der Waals surface area contributed by atoms with Gasteiger partial charge in [0.05, 0.1) is 12.2 Å². The predicted molar refractivity (Wildman–Crippen MR) is 38.8 cm³/mol. The van der Waals surface area contributed by atoms with E-state index in [4.69, 9.17) is 4.74 Å². The molecular weight excluding hydrogens is 136 g/mol. The van der Waals surface area contributed by atoms with Crippen LogP contribution < -0.4 is 0 Å². The highest BCUT2D eigenvalue weighted by Crippen LogP contribution is 2.81. The molecule has 0 aromatic rings. The van der Waals surface area contributed by atoms with Crippen LogP contribution in [0.2, 0.25) is 0 Å². The van der Waals surface area contributed by atoms with E-state index in [-0.39, 0.29) is 0 Å². The molecule has 0 aromatic heterocycles. The minimum absolute atomic E-state index is 0.775. The molecule has 8 atom stereocenters. The minimum Gasteiger partial charge on any atom is -0.369 e. The van der Waals surface area contributed by atoms with Gasteiger partial charge >= 0.3 is 0 Å². The van der Waals surface area contributed by atoms with Crippen molar-refractivity contribution in [2.24, 2.45) is 35.5 Å². The number of hydrogen-bond donors (Lipinski definition) is 0. The molecule has 4 saturated carbocycles. The third kappa shape index (κ3) is 0.286. The van der Waals surface area contributed by atoms with Crippen LogP contribution in [0.3, 0.4) is 0 Å². The van der Waals surface area contributed by atoms with E-state index in [1.54, 1.807) is 12.8 Å². The molecule has 0 spiro atoms. The van der Waals surface area contributed by atoms with Crippen molar-refractivity contribution in [1.82, 2.24) is 0 Å². The van der Waals surface area contributed by atoms with E-state index in [0.29, 0.717) is 0 Å². The summed E-state index contributed by atoms with van der Waals surface area (Å²) in [5.41, 5.74) is 0. The van der Waals surface area contributed by atoms with Gasteiger partial charge in [-0.3, -0.25) is 0 Å². The number of fused-ring (bicyclic) bond motifs is 5. The zero-order chi connectivity index (χ0) is 6.74. The Morgan fingerprint density at radius 3 is 2.00 bits per heavy atom. The van der Waals surface area contributed by atoms with E-state index in [9.17, 15) is 0 Å². The van der Waals surface area contributed by atoms with Crippen molar-refractivity contribution < 1.29 is 4.74 Å². The third-order valence-corrected chi connectivity index (χ3v) is 5.46. The van der Waals surface area contributed by atoms with Gasteiger partial charge in [0.1, 0.15) is 0 Å². The fourth-order valence-electron chi connectivity index (χ4n) is 5.29. The Bertz CT molecular complexity index is 227. The van der Waals surface area contributed by atoms with Gasteiger partial charge in [0.15, 0.2) is 0 Å². The molecule has 0 bridgehead atoms. The van der Waals surface area contributed by atoms with Gasteiger partial charge in [0, 0.05) is 0 Å². The average Bonchev–Trinajstić information content (AvgIpc) is 2.54. The Hall–Kier alpha value is -0.0400. The zero-order valence-corrected chi connectivity index (χ0v) is 6.44. The Balaban J connectivity index is 1.77. The first-order valence-corrected chi connectivity index (χ1v) is 5.12. The number of epoxide rings is 1. The maximum atomic E-state index is 5.72. The lowest BCUT2D eigenvalue weighted by Crippen LogP contribution is -2.59. The zero-order valence-electron chi connectivity index (χ0n) is 6.44. The molecule has 0 amide bonds. The van der Waals surface area contributed by atoms with E-state index >= 15 is 0 Å². The van der Waals surface area contributed by atoms with Crippen LogP contribution in [0.15, 0.2) is 0 Å². The van der Waals surface area contributed by atoms with Crippen LogP contribution in [-0.4, -0.2) is 12.2 Å². The van der Waals surface area contributed by atoms with Crippen LogP contribution in [-0.2, 0) is 4.74 Å². The van der Waals surface area contributed by atoms with Gasteiger partial charge in [-0.1, -0.05) is 0 Å². The maximum absolute atomic E-state index is 5.72. The van der Waals surface area contributed by atoms with Crippen molar-refractivity contribution in [3.63, 3.8) is 0 Å². The fourth-order valence-corrected chi connectivity index (χ4v) is 5.29. The van der Waals surface area contributed by atoms with Gasteiger partial charge in [-0.25, -0.2) is 0 Å². The summed E-state index contributed by atoms with van der Waals surface area (Å²) in [7, 11) is 0. The molecule has 5 aliphatic rings. The van der Waals surface area contributed by atoms with Crippen molar-refractivity contribution in [3.05, 3.63) is 0 Å². The normalized spacial score (nSPS) is 85.1. The van der Waals surface area contributed by atoms with Crippen LogP contribution in [0.5, 0.6) is 0 Å². The molecule has 0 aromatic carbocycles. The summed E-state index contributed by atoms with van der Waals surface area (Å²) in [5, 5.41) is 0. The van der Waals surface area contributed by atoms with E-state index in [1.807, 2.05) is 0 Å². The molecule has 1 saturated heterocycles. The second kappa shape index (κ2) is 1.10. The molecule has 1 heterocycles. The van der Waals surface area contributed by atoms with Gasteiger partial charge < -0.3 is 4.74 Å². The third-order valence-electron chi connectivity index (χ3n) is 5.46. The van der Waals surface area contributed by atoms with Crippen LogP contribution in [0.4, 0.5) is 0 Å². The highest BCUT2D eigenvalue weighted by atomic mass is 16.6. The second-order valence-electron chi connectivity index (χ2n) is 5.28. The first kappa shape index (κ1) is 4.86. The lowest BCUT2D eigenvalue weighted by Gasteiger charge is -2.60. The predicted octanol–water partition coefficient (Wildman–Crippen LogP) is 1.29. The van der Waals surface area contributed by atoms with Crippen LogP contribution in [0.25, 0.3) is 0 Å². The molecule has 5 fully saturated rings. The molecule has 5 rings (SSSR count). The number of ether oxygens (including phenoxy) is 1. The van der Waals surface area contributed by atoms with Gasteiger partial charge in [-0.15, -0.1) is 0 Å². The Morgan fingerprint density at radius 2 is 1.36 bits per heavy atom. The van der Waals surface area contributed by atoms with Crippen molar-refractivity contribution in [2.45, 2.75) is 25.0 Å². The molecule has 1 heteroatoms. The molecule has 1 nitrogen and oxygen atoms in total. The van der Waals surface area contributed by atoms with Crippen LogP contribution >= 0.6 is 0 Å². The number of rotatable bonds is 0. The molecule has 0 radical (unpaired) electrons. The quantitative estimate of drug-likeness (QED) is 0.471. The minimum atomic E-state index is 0.775. The summed E-state index contributed by atoms with van der Waals surface area (Å²) >= 11 is 0. The molecule has 58 valence electrons. The van der Waals surface area contributed by atoms with Crippen molar-refractivity contribution in [2.75, 3.05) is 0 Å². The summed E-state index contributed by atoms with van der Waals surface area (Å²) in [4.78, 5) is 0. The smallest absolute Gasteiger partial charge is 0.0878 e. The Kier molecular flexibility index (Phi) is 0.486. The molecule has 0 N–H and O–H groups in total. The second-order valence-corrected chi connectivity index (χ2v) is 5.28. The van der Waals surface area contributed by atoms with E-state index in [0.717, 1.165) is 35.9 Å². The molecule has 11 heavy (non-hydrogen) atoms. The van der Waals surface area contributed by atoms with Crippen molar-refractivity contribution in [3.8, 4) is 0 Å². The van der Waals surface area contributed by atoms with E-state index in [1.165, 1.54) is 11.8 Å². The van der Waals surface area contributed by atoms with Gasteiger partial charge in [-0.2, -0.15) is 0 Å². The Labute approximate surface area is 66.1 Å². The first-order chi connectivity index (χ1) is 5.47. The fraction of sp³-hybridized carbons (Fsp3) is 1.00. The topological polar surface area (TPSA) is 12.5 Å². The first-order valence-electron chi connectivity index (χ1n) is 5.12. The monoisotopic (exact) mass is 148 g/mol. The molecule has 4 aliphatic carbocycles. The van der Waals surface area contributed by atoms with Gasteiger partial charge in [0.25, 0.3) is 0 Å². The van der Waals surface area contributed by atoms with Crippen molar-refractivity contribution in [1.29, 1.82) is 0 Å². The van der Waals surface area contributed by atoms with Gasteiger partial charge in [0.2, 0.25) is 0 Å².